The van der Waals surface area contributed by atoms with Gasteiger partial charge in [0.05, 0.1) is 25.2 Å². The number of H-pyrrole nitrogens is 1. The maximum Gasteiger partial charge on any atom is 0.188 e. The lowest BCUT2D eigenvalue weighted by Gasteiger charge is -2.46. The Kier molecular flexibility index (Phi) is 6.60. The van der Waals surface area contributed by atoms with E-state index in [9.17, 15) is 0 Å². The highest BCUT2D eigenvalue weighted by atomic mass is 16.5. The van der Waals surface area contributed by atoms with E-state index in [0.29, 0.717) is 47.1 Å². The van der Waals surface area contributed by atoms with Gasteiger partial charge in [-0.2, -0.15) is 0 Å². The molecule has 3 heterocycles. The summed E-state index contributed by atoms with van der Waals surface area (Å²) in [5, 5.41) is 8.67. The molecule has 1 atom stereocenters. The number of anilines is 1. The van der Waals surface area contributed by atoms with Crippen molar-refractivity contribution in [1.29, 1.82) is 5.41 Å². The number of nitrogens with one attached hydrogen (secondary N) is 2. The predicted molar refractivity (Wildman–Crippen MR) is 150 cm³/mol. The molecule has 198 valence electrons. The molecule has 2 aromatic carbocycles. The van der Waals surface area contributed by atoms with Crippen molar-refractivity contribution in [3.8, 4) is 11.5 Å². The molecule has 6 N–H and O–H groups in total. The minimum Gasteiger partial charge on any atom is -0.493 e. The van der Waals surface area contributed by atoms with Crippen LogP contribution in [0.4, 0.5) is 5.82 Å². The highest BCUT2D eigenvalue weighted by Gasteiger charge is 2.46. The molecule has 0 aliphatic carbocycles. The van der Waals surface area contributed by atoms with Crippen LogP contribution in [0.2, 0.25) is 0 Å². The van der Waals surface area contributed by atoms with E-state index in [-0.39, 0.29) is 11.4 Å². The molecule has 0 bridgehead atoms. The number of benzene rings is 2. The van der Waals surface area contributed by atoms with Crippen LogP contribution in [0, 0.1) is 5.41 Å². The third-order valence-electron chi connectivity index (χ3n) is 8.06. The van der Waals surface area contributed by atoms with Crippen LogP contribution < -0.4 is 20.9 Å². The van der Waals surface area contributed by atoms with Crippen molar-refractivity contribution < 1.29 is 9.47 Å². The quantitative estimate of drug-likeness (QED) is 0.215. The largest absolute Gasteiger partial charge is 0.493 e. The molecular formula is C29H35N7O2. The van der Waals surface area contributed by atoms with Crippen molar-refractivity contribution in [3.63, 3.8) is 0 Å². The molecule has 0 radical (unpaired) electrons. The topological polar surface area (TPSA) is 139 Å². The second-order valence-corrected chi connectivity index (χ2v) is 10.3. The molecule has 0 amide bonds. The number of ether oxygens (including phenoxy) is 2. The molecule has 1 unspecified atom stereocenters. The van der Waals surface area contributed by atoms with Gasteiger partial charge < -0.3 is 30.8 Å². The van der Waals surface area contributed by atoms with Gasteiger partial charge in [-0.15, -0.1) is 0 Å². The van der Waals surface area contributed by atoms with E-state index in [1.54, 1.807) is 14.2 Å². The number of nitrogens with zero attached hydrogens (tertiary/aromatic N) is 3. The monoisotopic (exact) mass is 513 g/mol. The highest BCUT2D eigenvalue weighted by molar-refractivity contribution is 5.91. The van der Waals surface area contributed by atoms with E-state index < -0.39 is 5.41 Å². The molecule has 9 nitrogen and oxygen atoms in total. The van der Waals surface area contributed by atoms with Gasteiger partial charge in [-0.25, -0.2) is 9.97 Å². The van der Waals surface area contributed by atoms with Crippen molar-refractivity contribution in [3.05, 3.63) is 77.9 Å². The summed E-state index contributed by atoms with van der Waals surface area (Å²) in [6.07, 6.45) is 4.37. The molecular weight excluding hydrogens is 478 g/mol. The third-order valence-corrected chi connectivity index (χ3v) is 8.06. The van der Waals surface area contributed by atoms with Gasteiger partial charge in [0.15, 0.2) is 17.5 Å². The Hall–Kier alpha value is -4.27. The average molecular weight is 514 g/mol. The van der Waals surface area contributed by atoms with Crippen LogP contribution in [0.5, 0.6) is 11.5 Å². The van der Waals surface area contributed by atoms with Crippen molar-refractivity contribution >= 4 is 22.7 Å². The first-order valence-corrected chi connectivity index (χ1v) is 12.8. The van der Waals surface area contributed by atoms with Gasteiger partial charge >= 0.3 is 0 Å². The summed E-state index contributed by atoms with van der Waals surface area (Å²) in [7, 11) is 3.20. The molecule has 1 saturated heterocycles. The zero-order chi connectivity index (χ0) is 26.9. The Bertz CT molecular complexity index is 1430. The van der Waals surface area contributed by atoms with Gasteiger partial charge in [0.1, 0.15) is 11.6 Å². The lowest BCUT2D eigenvalue weighted by molar-refractivity contribution is 0.184. The molecule has 38 heavy (non-hydrogen) atoms. The Morgan fingerprint density at radius 2 is 1.74 bits per heavy atom. The van der Waals surface area contributed by atoms with Gasteiger partial charge in [0.25, 0.3) is 0 Å². The van der Waals surface area contributed by atoms with E-state index in [4.69, 9.17) is 36.3 Å². The van der Waals surface area contributed by atoms with Crippen LogP contribution in [0.25, 0.3) is 10.9 Å². The summed E-state index contributed by atoms with van der Waals surface area (Å²) < 4.78 is 11.0. The molecule has 5 rings (SSSR count). The lowest BCUT2D eigenvalue weighted by atomic mass is 9.62. The second kappa shape index (κ2) is 9.89. The zero-order valence-corrected chi connectivity index (χ0v) is 22.1. The van der Waals surface area contributed by atoms with Crippen molar-refractivity contribution in [2.75, 3.05) is 33.0 Å². The number of likely N-dealkylation sites (tertiary alicyclic amines) is 1. The third kappa shape index (κ3) is 4.38. The Morgan fingerprint density at radius 1 is 1.05 bits per heavy atom. The highest BCUT2D eigenvalue weighted by Crippen LogP contribution is 2.48. The molecule has 0 spiro atoms. The van der Waals surface area contributed by atoms with Crippen molar-refractivity contribution in [1.82, 2.24) is 19.9 Å². The molecule has 9 heteroatoms. The molecule has 0 saturated carbocycles. The molecule has 1 aliphatic heterocycles. The van der Waals surface area contributed by atoms with E-state index in [1.165, 1.54) is 5.56 Å². The smallest absolute Gasteiger partial charge is 0.188 e. The summed E-state index contributed by atoms with van der Waals surface area (Å²) in [4.78, 5) is 15.3. The van der Waals surface area contributed by atoms with Gasteiger partial charge in [-0.05, 0) is 55.4 Å². The number of nitrogens with two attached hydrogens (primary N) is 2. The first kappa shape index (κ1) is 25.4. The SMILES string of the molecule is COc1cc2nc(C(C)(CC3(c4ccccc4)CCN(C(=N)N)CC3)c3ccc[nH]3)nc(N)c2cc1OC. The maximum atomic E-state index is 7.96. The van der Waals surface area contributed by atoms with Gasteiger partial charge in [-0.3, -0.25) is 5.41 Å². The van der Waals surface area contributed by atoms with Crippen molar-refractivity contribution in [2.45, 2.75) is 37.0 Å². The van der Waals surface area contributed by atoms with Crippen LogP contribution in [-0.4, -0.2) is 53.1 Å². The maximum absolute atomic E-state index is 7.96. The fourth-order valence-corrected chi connectivity index (χ4v) is 5.91. The number of nitrogen functional groups attached to an aromatic ring is 1. The van der Waals surface area contributed by atoms with Gasteiger partial charge in [0, 0.05) is 36.4 Å². The summed E-state index contributed by atoms with van der Waals surface area (Å²) in [5.41, 5.74) is 14.6. The number of guanidine groups is 1. The lowest BCUT2D eigenvalue weighted by Crippen LogP contribution is -2.50. The van der Waals surface area contributed by atoms with Crippen LogP contribution in [-0.2, 0) is 10.8 Å². The number of aromatic nitrogens is 3. The molecule has 1 aliphatic rings. The van der Waals surface area contributed by atoms with Crippen LogP contribution >= 0.6 is 0 Å². The fourth-order valence-electron chi connectivity index (χ4n) is 5.91. The Morgan fingerprint density at radius 3 is 2.34 bits per heavy atom. The fraction of sp³-hybridized carbons (Fsp3) is 0.345. The predicted octanol–water partition coefficient (Wildman–Crippen LogP) is 4.18. The number of piperidine rings is 1. The number of fused-ring (bicyclic) bond motifs is 1. The minimum atomic E-state index is -0.590. The number of aromatic amines is 1. The summed E-state index contributed by atoms with van der Waals surface area (Å²) >= 11 is 0. The average Bonchev–Trinajstić information content (AvgIpc) is 3.49. The summed E-state index contributed by atoms with van der Waals surface area (Å²) in [5.74, 6) is 2.32. The van der Waals surface area contributed by atoms with Crippen LogP contribution in [0.3, 0.4) is 0 Å². The second-order valence-electron chi connectivity index (χ2n) is 10.3. The first-order valence-electron chi connectivity index (χ1n) is 12.8. The van der Waals surface area contributed by atoms with Gasteiger partial charge in [0.2, 0.25) is 0 Å². The Labute approximate surface area is 222 Å². The number of hydrogen-bond donors (Lipinski definition) is 4. The van der Waals surface area contributed by atoms with E-state index in [1.807, 2.05) is 35.4 Å². The van der Waals surface area contributed by atoms with Crippen LogP contribution in [0.1, 0.15) is 43.3 Å². The van der Waals surface area contributed by atoms with Gasteiger partial charge in [-0.1, -0.05) is 30.3 Å². The van der Waals surface area contributed by atoms with E-state index in [2.05, 4.69) is 42.2 Å². The number of methoxy groups -OCH3 is 2. The molecule has 1 fully saturated rings. The number of rotatable bonds is 7. The molecule has 4 aromatic rings. The normalized spacial score (nSPS) is 16.7. The van der Waals surface area contributed by atoms with Crippen LogP contribution in [0.15, 0.2) is 60.8 Å². The minimum absolute atomic E-state index is 0.119. The van der Waals surface area contributed by atoms with E-state index >= 15 is 0 Å². The zero-order valence-electron chi connectivity index (χ0n) is 22.1. The number of hydrogen-bond acceptors (Lipinski definition) is 6. The first-order chi connectivity index (χ1) is 18.3. The summed E-state index contributed by atoms with van der Waals surface area (Å²) in [6, 6.07) is 18.4. The standard InChI is InChI=1S/C29H35N7O2/c1-28(24-10-7-13-33-24,26-34-21-17-23(38-3)22(37-2)16-20(21)25(30)35-26)18-29(19-8-5-4-6-9-19)11-14-36(15-12-29)27(31)32/h4-10,13,16-17,33H,11-12,14-15,18H2,1-3H3,(H3,31,32)(H2,30,34,35). The van der Waals surface area contributed by atoms with Crippen molar-refractivity contribution in [2.24, 2.45) is 5.73 Å². The Balaban J connectivity index is 1.66. The molecule has 2 aromatic heterocycles. The van der Waals surface area contributed by atoms with E-state index in [0.717, 1.165) is 25.0 Å². The summed E-state index contributed by atoms with van der Waals surface area (Å²) in [6.45, 7) is 3.60.